The first kappa shape index (κ1) is 13.3. The first-order valence-electron chi connectivity index (χ1n) is 6.40. The van der Waals surface area contributed by atoms with Crippen molar-refractivity contribution >= 4 is 5.91 Å². The molecule has 3 N–H and O–H groups in total. The molecule has 0 saturated heterocycles. The fraction of sp³-hybridized carbons (Fsp3) is 0.188. The first-order chi connectivity index (χ1) is 9.27. The van der Waals surface area contributed by atoms with Crippen molar-refractivity contribution in [1.82, 2.24) is 5.32 Å². The Morgan fingerprint density at radius 3 is 2.42 bits per heavy atom. The third-order valence-corrected chi connectivity index (χ3v) is 3.03. The number of benzene rings is 2. The van der Waals surface area contributed by atoms with Crippen LogP contribution < -0.4 is 11.1 Å². The van der Waals surface area contributed by atoms with Gasteiger partial charge in [0.2, 0.25) is 5.91 Å². The van der Waals surface area contributed by atoms with Gasteiger partial charge in [-0.05, 0) is 30.2 Å². The number of hydrogen-bond donors (Lipinski definition) is 2. The van der Waals surface area contributed by atoms with Crippen LogP contribution in [0.25, 0.3) is 0 Å². The minimum atomic E-state index is -0.375. The molecule has 0 aliphatic carbocycles. The summed E-state index contributed by atoms with van der Waals surface area (Å²) in [6.07, 6.45) is 0.972. The highest BCUT2D eigenvalue weighted by Gasteiger charge is 2.05. The standard InChI is InChI=1S/C16H18N2O/c17-16(19)15-9-5-4-8-14(15)12-18-11-10-13-6-2-1-3-7-13/h1-9,18H,10-12H2,(H2,17,19). The summed E-state index contributed by atoms with van der Waals surface area (Å²) in [6.45, 7) is 1.53. The number of primary amides is 1. The third kappa shape index (κ3) is 3.93. The van der Waals surface area contributed by atoms with E-state index in [1.54, 1.807) is 6.07 Å². The number of amides is 1. The molecular formula is C16H18N2O. The quantitative estimate of drug-likeness (QED) is 0.776. The van der Waals surface area contributed by atoms with Crippen LogP contribution >= 0.6 is 0 Å². The third-order valence-electron chi connectivity index (χ3n) is 3.03. The highest BCUT2D eigenvalue weighted by atomic mass is 16.1. The summed E-state index contributed by atoms with van der Waals surface area (Å²) in [4.78, 5) is 11.3. The molecule has 0 aliphatic rings. The van der Waals surface area contributed by atoms with E-state index in [4.69, 9.17) is 5.73 Å². The number of rotatable bonds is 6. The highest BCUT2D eigenvalue weighted by Crippen LogP contribution is 2.07. The van der Waals surface area contributed by atoms with Gasteiger partial charge in [-0.3, -0.25) is 4.79 Å². The average molecular weight is 254 g/mol. The van der Waals surface area contributed by atoms with E-state index in [-0.39, 0.29) is 5.91 Å². The van der Waals surface area contributed by atoms with E-state index in [1.165, 1.54) is 5.56 Å². The monoisotopic (exact) mass is 254 g/mol. The maximum atomic E-state index is 11.3. The molecule has 2 rings (SSSR count). The molecule has 0 atom stereocenters. The lowest BCUT2D eigenvalue weighted by molar-refractivity contribution is 0.0999. The van der Waals surface area contributed by atoms with Gasteiger partial charge in [0.25, 0.3) is 0 Å². The van der Waals surface area contributed by atoms with Gasteiger partial charge in [-0.2, -0.15) is 0 Å². The van der Waals surface area contributed by atoms with Crippen LogP contribution in [0.5, 0.6) is 0 Å². The Bertz CT molecular complexity index is 537. The normalized spacial score (nSPS) is 10.3. The zero-order valence-corrected chi connectivity index (χ0v) is 10.8. The number of nitrogens with one attached hydrogen (secondary N) is 1. The highest BCUT2D eigenvalue weighted by molar-refractivity contribution is 5.94. The molecular weight excluding hydrogens is 236 g/mol. The van der Waals surface area contributed by atoms with Gasteiger partial charge in [0.05, 0.1) is 0 Å². The van der Waals surface area contributed by atoms with Crippen LogP contribution in [0, 0.1) is 0 Å². The second-order valence-corrected chi connectivity index (χ2v) is 4.43. The molecule has 98 valence electrons. The molecule has 1 amide bonds. The molecule has 0 aromatic heterocycles. The maximum Gasteiger partial charge on any atom is 0.249 e. The predicted octanol–water partition coefficient (Wildman–Crippen LogP) is 2.12. The predicted molar refractivity (Wildman–Crippen MR) is 76.8 cm³/mol. The molecule has 0 spiro atoms. The molecule has 19 heavy (non-hydrogen) atoms. The van der Waals surface area contributed by atoms with Crippen molar-refractivity contribution < 1.29 is 4.79 Å². The van der Waals surface area contributed by atoms with E-state index >= 15 is 0 Å². The second kappa shape index (κ2) is 6.71. The molecule has 0 unspecified atom stereocenters. The topological polar surface area (TPSA) is 55.1 Å². The number of carbonyl (C=O) groups excluding carboxylic acids is 1. The van der Waals surface area contributed by atoms with Gasteiger partial charge in [-0.1, -0.05) is 48.5 Å². The smallest absolute Gasteiger partial charge is 0.249 e. The molecule has 0 bridgehead atoms. The lowest BCUT2D eigenvalue weighted by Crippen LogP contribution is -2.20. The largest absolute Gasteiger partial charge is 0.366 e. The zero-order chi connectivity index (χ0) is 13.5. The van der Waals surface area contributed by atoms with Crippen LogP contribution in [0.2, 0.25) is 0 Å². The van der Waals surface area contributed by atoms with Crippen molar-refractivity contribution in [3.05, 3.63) is 71.3 Å². The van der Waals surface area contributed by atoms with Gasteiger partial charge in [0.1, 0.15) is 0 Å². The molecule has 0 radical (unpaired) electrons. The SMILES string of the molecule is NC(=O)c1ccccc1CNCCc1ccccc1. The van der Waals surface area contributed by atoms with E-state index in [2.05, 4.69) is 17.4 Å². The van der Waals surface area contributed by atoms with Gasteiger partial charge in [-0.15, -0.1) is 0 Å². The van der Waals surface area contributed by atoms with Crippen molar-refractivity contribution in [2.45, 2.75) is 13.0 Å². The number of hydrogen-bond acceptors (Lipinski definition) is 2. The number of carbonyl (C=O) groups is 1. The Hall–Kier alpha value is -2.13. The van der Waals surface area contributed by atoms with Crippen molar-refractivity contribution in [3.63, 3.8) is 0 Å². The Morgan fingerprint density at radius 1 is 1.00 bits per heavy atom. The Labute approximate surface area is 113 Å². The molecule has 2 aromatic rings. The number of nitrogens with two attached hydrogens (primary N) is 1. The maximum absolute atomic E-state index is 11.3. The van der Waals surface area contributed by atoms with E-state index in [9.17, 15) is 4.79 Å². The Morgan fingerprint density at radius 2 is 1.68 bits per heavy atom. The first-order valence-corrected chi connectivity index (χ1v) is 6.40. The second-order valence-electron chi connectivity index (χ2n) is 4.43. The lowest BCUT2D eigenvalue weighted by atomic mass is 10.1. The van der Waals surface area contributed by atoms with Gasteiger partial charge in [-0.25, -0.2) is 0 Å². The van der Waals surface area contributed by atoms with E-state index in [0.717, 1.165) is 18.5 Å². The van der Waals surface area contributed by atoms with Crippen LogP contribution in [-0.2, 0) is 13.0 Å². The Balaban J connectivity index is 1.85. The van der Waals surface area contributed by atoms with Crippen molar-refractivity contribution in [2.24, 2.45) is 5.73 Å². The summed E-state index contributed by atoms with van der Waals surface area (Å²) in [7, 11) is 0. The van der Waals surface area contributed by atoms with E-state index in [1.807, 2.05) is 36.4 Å². The summed E-state index contributed by atoms with van der Waals surface area (Å²) in [5, 5.41) is 3.34. The van der Waals surface area contributed by atoms with Crippen LogP contribution in [0.3, 0.4) is 0 Å². The molecule has 0 saturated carbocycles. The summed E-state index contributed by atoms with van der Waals surface area (Å²) in [5.41, 5.74) is 8.19. The fourth-order valence-corrected chi connectivity index (χ4v) is 2.02. The van der Waals surface area contributed by atoms with Crippen LogP contribution in [0.15, 0.2) is 54.6 Å². The molecule has 0 aliphatic heterocycles. The van der Waals surface area contributed by atoms with Gasteiger partial charge >= 0.3 is 0 Å². The van der Waals surface area contributed by atoms with Crippen molar-refractivity contribution in [1.29, 1.82) is 0 Å². The molecule has 2 aromatic carbocycles. The van der Waals surface area contributed by atoms with Crippen molar-refractivity contribution in [2.75, 3.05) is 6.54 Å². The summed E-state index contributed by atoms with van der Waals surface area (Å²) in [5.74, 6) is -0.375. The van der Waals surface area contributed by atoms with Gasteiger partial charge in [0, 0.05) is 12.1 Å². The summed E-state index contributed by atoms with van der Waals surface area (Å²) < 4.78 is 0. The van der Waals surface area contributed by atoms with Gasteiger partial charge < -0.3 is 11.1 Å². The Kier molecular flexibility index (Phi) is 4.70. The fourth-order valence-electron chi connectivity index (χ4n) is 2.02. The van der Waals surface area contributed by atoms with Crippen LogP contribution in [-0.4, -0.2) is 12.5 Å². The molecule has 0 fully saturated rings. The summed E-state index contributed by atoms with van der Waals surface area (Å²) >= 11 is 0. The van der Waals surface area contributed by atoms with Crippen LogP contribution in [0.4, 0.5) is 0 Å². The molecule has 3 heteroatoms. The molecule has 3 nitrogen and oxygen atoms in total. The molecule has 0 heterocycles. The average Bonchev–Trinajstić information content (AvgIpc) is 2.45. The lowest BCUT2D eigenvalue weighted by Gasteiger charge is -2.08. The van der Waals surface area contributed by atoms with Gasteiger partial charge in [0.15, 0.2) is 0 Å². The van der Waals surface area contributed by atoms with Crippen molar-refractivity contribution in [3.8, 4) is 0 Å². The van der Waals surface area contributed by atoms with E-state index in [0.29, 0.717) is 12.1 Å². The van der Waals surface area contributed by atoms with E-state index < -0.39 is 0 Å². The minimum absolute atomic E-state index is 0.375. The van der Waals surface area contributed by atoms with Crippen LogP contribution in [0.1, 0.15) is 21.5 Å². The summed E-state index contributed by atoms with van der Waals surface area (Å²) in [6, 6.07) is 17.7. The zero-order valence-electron chi connectivity index (χ0n) is 10.8. The minimum Gasteiger partial charge on any atom is -0.366 e.